The van der Waals surface area contributed by atoms with Gasteiger partial charge in [-0.05, 0) is 25.3 Å². The number of aryl methyl sites for hydroxylation is 1. The topological polar surface area (TPSA) is 48.7 Å². The van der Waals surface area contributed by atoms with E-state index >= 15 is 0 Å². The molecule has 0 bridgehead atoms. The predicted octanol–water partition coefficient (Wildman–Crippen LogP) is 3.63. The van der Waals surface area contributed by atoms with Crippen LogP contribution in [0.25, 0.3) is 0 Å². The Labute approximate surface area is 192 Å². The number of hydrogen-bond donors (Lipinski definition) is 1. The zero-order chi connectivity index (χ0) is 19.6. The molecule has 3 rings (SSSR count). The molecule has 6 nitrogen and oxygen atoms in total. The van der Waals surface area contributed by atoms with E-state index in [0.717, 1.165) is 64.6 Å². The lowest BCUT2D eigenvalue weighted by atomic mass is 10.0. The van der Waals surface area contributed by atoms with Crippen molar-refractivity contribution in [2.24, 2.45) is 4.99 Å². The Morgan fingerprint density at radius 1 is 1.14 bits per heavy atom. The van der Waals surface area contributed by atoms with E-state index in [9.17, 15) is 0 Å². The van der Waals surface area contributed by atoms with Gasteiger partial charge in [-0.25, -0.2) is 4.98 Å². The maximum absolute atomic E-state index is 4.86. The molecule has 1 N–H and O–H groups in total. The van der Waals surface area contributed by atoms with Gasteiger partial charge in [0.1, 0.15) is 0 Å². The van der Waals surface area contributed by atoms with Gasteiger partial charge in [0.25, 0.3) is 0 Å². The van der Waals surface area contributed by atoms with E-state index in [1.165, 1.54) is 5.56 Å². The largest absolute Gasteiger partial charge is 0.357 e. The summed E-state index contributed by atoms with van der Waals surface area (Å²) in [6, 6.07) is 11.4. The van der Waals surface area contributed by atoms with Crippen LogP contribution in [0.2, 0.25) is 0 Å². The lowest BCUT2D eigenvalue weighted by Crippen LogP contribution is -2.53. The summed E-state index contributed by atoms with van der Waals surface area (Å²) in [6.45, 7) is 11.3. The molecule has 0 saturated carbocycles. The highest BCUT2D eigenvalue weighted by atomic mass is 127. The monoisotopic (exact) mass is 510 g/mol. The highest BCUT2D eigenvalue weighted by molar-refractivity contribution is 14.0. The number of rotatable bonds is 8. The van der Waals surface area contributed by atoms with Crippen LogP contribution in [-0.4, -0.2) is 64.6 Å². The van der Waals surface area contributed by atoms with E-state index in [2.05, 4.69) is 68.8 Å². The first-order chi connectivity index (χ1) is 13.8. The number of nitrogens with zero attached hydrogens (tertiary/aromatic N) is 5. The summed E-state index contributed by atoms with van der Waals surface area (Å²) in [5.74, 6) is 1.06. The van der Waals surface area contributed by atoms with Crippen LogP contribution in [0.5, 0.6) is 0 Å². The Bertz CT molecular complexity index is 695. The molecule has 1 aromatic carbocycles. The highest BCUT2D eigenvalue weighted by Gasteiger charge is 2.25. The average Bonchev–Trinajstić information content (AvgIpc) is 3.26. The number of benzene rings is 1. The Morgan fingerprint density at radius 3 is 2.52 bits per heavy atom. The Hall–Kier alpha value is -1.61. The van der Waals surface area contributed by atoms with Crippen LogP contribution in [-0.2, 0) is 6.54 Å². The van der Waals surface area contributed by atoms with Gasteiger partial charge in [0.2, 0.25) is 0 Å². The molecule has 0 radical (unpaired) electrons. The van der Waals surface area contributed by atoms with Crippen molar-refractivity contribution in [3.8, 4) is 0 Å². The predicted molar refractivity (Wildman–Crippen MR) is 131 cm³/mol. The molecule has 1 aliphatic rings. The van der Waals surface area contributed by atoms with Crippen LogP contribution >= 0.6 is 24.0 Å². The van der Waals surface area contributed by atoms with Gasteiger partial charge in [0.15, 0.2) is 5.96 Å². The minimum atomic E-state index is 0. The van der Waals surface area contributed by atoms with Gasteiger partial charge in [-0.1, -0.05) is 37.3 Å². The molecule has 160 valence electrons. The van der Waals surface area contributed by atoms with Crippen molar-refractivity contribution in [2.45, 2.75) is 39.3 Å². The molecule has 7 heteroatoms. The van der Waals surface area contributed by atoms with Crippen molar-refractivity contribution in [3.63, 3.8) is 0 Å². The molecule has 1 atom stereocenters. The lowest BCUT2D eigenvalue weighted by Gasteiger charge is -2.40. The minimum Gasteiger partial charge on any atom is -0.357 e. The van der Waals surface area contributed by atoms with Crippen molar-refractivity contribution >= 4 is 29.9 Å². The molecule has 1 fully saturated rings. The summed E-state index contributed by atoms with van der Waals surface area (Å²) in [5.41, 5.74) is 1.43. The Balaban J connectivity index is 0.00000300. The maximum Gasteiger partial charge on any atom is 0.194 e. The summed E-state index contributed by atoms with van der Waals surface area (Å²) in [5, 5.41) is 3.47. The smallest absolute Gasteiger partial charge is 0.194 e. The number of halogens is 1. The SMILES string of the molecule is CCNC(=NCCCn1ccnc1)N1CCN(C(CC)c2ccccc2)CC1.I. The van der Waals surface area contributed by atoms with Gasteiger partial charge in [-0.2, -0.15) is 0 Å². The second-order valence-electron chi connectivity index (χ2n) is 7.25. The van der Waals surface area contributed by atoms with Crippen LogP contribution in [0.3, 0.4) is 0 Å². The van der Waals surface area contributed by atoms with Gasteiger partial charge in [-0.15, -0.1) is 24.0 Å². The van der Waals surface area contributed by atoms with E-state index < -0.39 is 0 Å². The number of aliphatic imine (C=N–C) groups is 1. The fraction of sp³-hybridized carbons (Fsp3) is 0.545. The Kier molecular flexibility index (Phi) is 10.5. The van der Waals surface area contributed by atoms with Gasteiger partial charge < -0.3 is 14.8 Å². The number of imidazole rings is 1. The number of hydrogen-bond acceptors (Lipinski definition) is 3. The third-order valence-electron chi connectivity index (χ3n) is 5.36. The zero-order valence-electron chi connectivity index (χ0n) is 17.7. The first-order valence-corrected chi connectivity index (χ1v) is 10.6. The van der Waals surface area contributed by atoms with Crippen LogP contribution in [0, 0.1) is 0 Å². The average molecular weight is 510 g/mol. The Morgan fingerprint density at radius 2 is 1.90 bits per heavy atom. The van der Waals surface area contributed by atoms with Gasteiger partial charge in [0, 0.05) is 64.2 Å². The molecule has 2 aromatic rings. The van der Waals surface area contributed by atoms with Crippen molar-refractivity contribution in [2.75, 3.05) is 39.3 Å². The second-order valence-corrected chi connectivity index (χ2v) is 7.25. The van der Waals surface area contributed by atoms with Crippen molar-refractivity contribution in [3.05, 3.63) is 54.6 Å². The fourth-order valence-corrected chi connectivity index (χ4v) is 3.91. The van der Waals surface area contributed by atoms with Gasteiger partial charge in [-0.3, -0.25) is 9.89 Å². The molecule has 1 aromatic heterocycles. The van der Waals surface area contributed by atoms with E-state index in [4.69, 9.17) is 4.99 Å². The summed E-state index contributed by atoms with van der Waals surface area (Å²) < 4.78 is 2.11. The molecule has 1 unspecified atom stereocenters. The van der Waals surface area contributed by atoms with Crippen molar-refractivity contribution < 1.29 is 0 Å². The van der Waals surface area contributed by atoms with Crippen LogP contribution in [0.4, 0.5) is 0 Å². The summed E-state index contributed by atoms with van der Waals surface area (Å²) in [6.07, 6.45) is 7.87. The van der Waals surface area contributed by atoms with Gasteiger partial charge >= 0.3 is 0 Å². The normalized spacial score (nSPS) is 16.3. The van der Waals surface area contributed by atoms with E-state index in [-0.39, 0.29) is 24.0 Å². The third-order valence-corrected chi connectivity index (χ3v) is 5.36. The summed E-state index contributed by atoms with van der Waals surface area (Å²) >= 11 is 0. The number of piperazine rings is 1. The molecule has 1 saturated heterocycles. The first-order valence-electron chi connectivity index (χ1n) is 10.6. The molecule has 29 heavy (non-hydrogen) atoms. The lowest BCUT2D eigenvalue weighted by molar-refractivity contribution is 0.127. The minimum absolute atomic E-state index is 0. The number of nitrogens with one attached hydrogen (secondary N) is 1. The summed E-state index contributed by atoms with van der Waals surface area (Å²) in [4.78, 5) is 14.0. The quantitative estimate of drug-likeness (QED) is 0.255. The molecule has 0 spiro atoms. The van der Waals surface area contributed by atoms with Crippen molar-refractivity contribution in [1.82, 2.24) is 24.7 Å². The van der Waals surface area contributed by atoms with Crippen LogP contribution < -0.4 is 5.32 Å². The molecular weight excluding hydrogens is 475 g/mol. The highest BCUT2D eigenvalue weighted by Crippen LogP contribution is 2.25. The number of guanidine groups is 1. The van der Waals surface area contributed by atoms with Crippen molar-refractivity contribution in [1.29, 1.82) is 0 Å². The third kappa shape index (κ3) is 6.99. The molecule has 0 aliphatic carbocycles. The first kappa shape index (κ1) is 23.7. The number of aromatic nitrogens is 2. The van der Waals surface area contributed by atoms with E-state index in [1.54, 1.807) is 0 Å². The standard InChI is InChI=1S/C22H34N6.HI/c1-3-21(20-9-6-5-7-10-20)27-15-17-28(18-16-27)22(24-4-2)25-11-8-13-26-14-12-23-19-26;/h5-7,9-10,12,14,19,21H,3-4,8,11,13,15-18H2,1-2H3,(H,24,25);1H. The fourth-order valence-electron chi connectivity index (χ4n) is 3.91. The van der Waals surface area contributed by atoms with Crippen LogP contribution in [0.1, 0.15) is 38.3 Å². The maximum atomic E-state index is 4.86. The van der Waals surface area contributed by atoms with E-state index in [0.29, 0.717) is 6.04 Å². The summed E-state index contributed by atoms with van der Waals surface area (Å²) in [7, 11) is 0. The molecule has 2 heterocycles. The zero-order valence-corrected chi connectivity index (χ0v) is 20.0. The van der Waals surface area contributed by atoms with Gasteiger partial charge in [0.05, 0.1) is 6.33 Å². The van der Waals surface area contributed by atoms with E-state index in [1.807, 2.05) is 18.7 Å². The molecular formula is C22H35IN6. The molecule has 0 amide bonds. The van der Waals surface area contributed by atoms with Crippen LogP contribution in [0.15, 0.2) is 54.0 Å². The molecule has 1 aliphatic heterocycles. The second kappa shape index (κ2) is 12.8.